The van der Waals surface area contributed by atoms with Gasteiger partial charge < -0.3 is 20.3 Å². The van der Waals surface area contributed by atoms with Gasteiger partial charge in [0.2, 0.25) is 5.91 Å². The summed E-state index contributed by atoms with van der Waals surface area (Å²) in [4.78, 5) is 24.4. The topological polar surface area (TPSA) is 95.9 Å². The number of hydrogen-bond donors (Lipinski definition) is 3. The number of amides is 1. The minimum absolute atomic E-state index is 0.00449. The van der Waals surface area contributed by atoms with Crippen molar-refractivity contribution in [2.24, 2.45) is 0 Å². The number of ether oxygens (including phenoxy) is 1. The van der Waals surface area contributed by atoms with Crippen molar-refractivity contribution in [3.05, 3.63) is 36.5 Å². The number of rotatable bonds is 52. The van der Waals surface area contributed by atoms with E-state index in [1.54, 1.807) is 0 Å². The number of aliphatic hydroxyl groups excluding tert-OH is 2. The lowest BCUT2D eigenvalue weighted by atomic mass is 10.0. The van der Waals surface area contributed by atoms with E-state index in [0.29, 0.717) is 25.9 Å². The molecule has 0 aliphatic rings. The van der Waals surface area contributed by atoms with Crippen LogP contribution in [0.15, 0.2) is 36.5 Å². The number of carbonyl (C=O) groups excluding carboxylic acids is 2. The minimum Gasteiger partial charge on any atom is -0.466 e. The summed E-state index contributed by atoms with van der Waals surface area (Å²) in [6.07, 6.45) is 65.7. The Morgan fingerprint density at radius 2 is 0.781 bits per heavy atom. The average molecular weight is 901 g/mol. The second-order valence-corrected chi connectivity index (χ2v) is 19.3. The maximum atomic E-state index is 12.4. The van der Waals surface area contributed by atoms with Gasteiger partial charge in [0.05, 0.1) is 25.4 Å². The Labute approximate surface area is 398 Å². The van der Waals surface area contributed by atoms with Crippen LogP contribution in [-0.2, 0) is 14.3 Å². The van der Waals surface area contributed by atoms with Gasteiger partial charge >= 0.3 is 5.97 Å². The van der Waals surface area contributed by atoms with Crippen molar-refractivity contribution in [1.29, 1.82) is 0 Å². The van der Waals surface area contributed by atoms with Crippen LogP contribution in [0, 0.1) is 0 Å². The Balaban J connectivity index is 3.40. The van der Waals surface area contributed by atoms with Gasteiger partial charge in [-0.15, -0.1) is 0 Å². The van der Waals surface area contributed by atoms with Gasteiger partial charge in [-0.3, -0.25) is 9.59 Å². The van der Waals surface area contributed by atoms with E-state index in [-0.39, 0.29) is 18.5 Å². The van der Waals surface area contributed by atoms with E-state index in [1.165, 1.54) is 212 Å². The Hall–Kier alpha value is -1.92. The first-order valence-corrected chi connectivity index (χ1v) is 28.2. The highest BCUT2D eigenvalue weighted by Gasteiger charge is 2.20. The minimum atomic E-state index is -0.667. The zero-order valence-corrected chi connectivity index (χ0v) is 42.8. The van der Waals surface area contributed by atoms with Gasteiger partial charge in [-0.2, -0.15) is 0 Å². The molecular formula is C58H109NO5. The smallest absolute Gasteiger partial charge is 0.305 e. The van der Waals surface area contributed by atoms with Crippen molar-refractivity contribution >= 4 is 11.9 Å². The van der Waals surface area contributed by atoms with Crippen LogP contribution in [0.25, 0.3) is 0 Å². The molecule has 2 unspecified atom stereocenters. The molecule has 0 radical (unpaired) electrons. The normalized spacial score (nSPS) is 12.9. The van der Waals surface area contributed by atoms with E-state index in [2.05, 4.69) is 55.6 Å². The molecule has 6 nitrogen and oxygen atoms in total. The van der Waals surface area contributed by atoms with Crippen molar-refractivity contribution in [3.63, 3.8) is 0 Å². The third kappa shape index (κ3) is 49.5. The summed E-state index contributed by atoms with van der Waals surface area (Å²) >= 11 is 0. The fraction of sp³-hybridized carbons (Fsp3) is 0.862. The fourth-order valence-corrected chi connectivity index (χ4v) is 8.55. The van der Waals surface area contributed by atoms with Gasteiger partial charge in [0, 0.05) is 12.8 Å². The molecule has 0 spiro atoms. The summed E-state index contributed by atoms with van der Waals surface area (Å²) in [5.41, 5.74) is 0. The Morgan fingerprint density at radius 3 is 1.23 bits per heavy atom. The molecule has 64 heavy (non-hydrogen) atoms. The molecular weight excluding hydrogens is 791 g/mol. The molecule has 2 atom stereocenters. The van der Waals surface area contributed by atoms with E-state index < -0.39 is 12.1 Å². The number of esters is 1. The predicted octanol–water partition coefficient (Wildman–Crippen LogP) is 17.2. The molecule has 0 fully saturated rings. The van der Waals surface area contributed by atoms with Gasteiger partial charge in [-0.05, 0) is 83.5 Å². The van der Waals surface area contributed by atoms with Crippen LogP contribution in [0.5, 0.6) is 0 Å². The molecule has 0 rings (SSSR count). The molecule has 6 heteroatoms. The van der Waals surface area contributed by atoms with Crippen LogP contribution in [0.1, 0.15) is 296 Å². The van der Waals surface area contributed by atoms with Gasteiger partial charge in [0.15, 0.2) is 0 Å². The number of aliphatic hydroxyl groups is 2. The zero-order valence-electron chi connectivity index (χ0n) is 42.8. The molecule has 0 saturated carbocycles. The van der Waals surface area contributed by atoms with Crippen LogP contribution >= 0.6 is 0 Å². The summed E-state index contributed by atoms with van der Waals surface area (Å²) in [7, 11) is 0. The first-order valence-electron chi connectivity index (χ1n) is 28.2. The lowest BCUT2D eigenvalue weighted by Crippen LogP contribution is -2.45. The number of allylic oxidation sites excluding steroid dienone is 6. The summed E-state index contributed by atoms with van der Waals surface area (Å²) in [5.74, 6) is -0.0486. The number of nitrogens with one attached hydrogen (secondary N) is 1. The third-order valence-corrected chi connectivity index (χ3v) is 12.9. The largest absolute Gasteiger partial charge is 0.466 e. The zero-order chi connectivity index (χ0) is 46.5. The van der Waals surface area contributed by atoms with Crippen LogP contribution in [0.4, 0.5) is 0 Å². The lowest BCUT2D eigenvalue weighted by molar-refractivity contribution is -0.143. The Bertz CT molecular complexity index is 1040. The maximum absolute atomic E-state index is 12.4. The molecule has 1 amide bonds. The highest BCUT2D eigenvalue weighted by Crippen LogP contribution is 2.16. The number of unbranched alkanes of at least 4 members (excludes halogenated alkanes) is 35. The molecule has 0 aromatic heterocycles. The van der Waals surface area contributed by atoms with E-state index >= 15 is 0 Å². The van der Waals surface area contributed by atoms with Gasteiger partial charge in [0.1, 0.15) is 0 Å². The Kier molecular flexibility index (Phi) is 52.1. The molecule has 0 bridgehead atoms. The molecule has 0 heterocycles. The van der Waals surface area contributed by atoms with E-state index in [4.69, 9.17) is 4.74 Å². The van der Waals surface area contributed by atoms with E-state index in [0.717, 1.165) is 51.4 Å². The summed E-state index contributed by atoms with van der Waals surface area (Å²) in [5, 5.41) is 23.1. The number of hydrogen-bond acceptors (Lipinski definition) is 5. The monoisotopic (exact) mass is 900 g/mol. The van der Waals surface area contributed by atoms with Crippen LogP contribution < -0.4 is 5.32 Å². The molecule has 0 aromatic carbocycles. The molecule has 0 saturated heterocycles. The van der Waals surface area contributed by atoms with Crippen molar-refractivity contribution in [3.8, 4) is 0 Å². The molecule has 0 aromatic rings. The SMILES string of the molecule is CCCCC/C=C\C/C=C\CCCCCCCC(=O)OCCCCCCCCCCCCC/C=C\CCCCCCCCCC(=O)NC(CO)C(O)CCCCCCCCCCCC. The molecule has 376 valence electrons. The molecule has 3 N–H and O–H groups in total. The van der Waals surface area contributed by atoms with Gasteiger partial charge in [0.25, 0.3) is 0 Å². The van der Waals surface area contributed by atoms with Crippen molar-refractivity contribution < 1.29 is 24.5 Å². The highest BCUT2D eigenvalue weighted by molar-refractivity contribution is 5.76. The van der Waals surface area contributed by atoms with Gasteiger partial charge in [-0.1, -0.05) is 237 Å². The quantitative estimate of drug-likeness (QED) is 0.0321. The van der Waals surface area contributed by atoms with Crippen LogP contribution in [0.3, 0.4) is 0 Å². The first-order chi connectivity index (χ1) is 31.5. The third-order valence-electron chi connectivity index (χ3n) is 12.9. The second-order valence-electron chi connectivity index (χ2n) is 19.3. The average Bonchev–Trinajstić information content (AvgIpc) is 3.29. The molecule has 0 aliphatic carbocycles. The van der Waals surface area contributed by atoms with Crippen LogP contribution in [0.2, 0.25) is 0 Å². The highest BCUT2D eigenvalue weighted by atomic mass is 16.5. The van der Waals surface area contributed by atoms with Crippen LogP contribution in [-0.4, -0.2) is 47.4 Å². The summed E-state index contributed by atoms with van der Waals surface area (Å²) < 4.78 is 5.47. The first kappa shape index (κ1) is 62.1. The predicted molar refractivity (Wildman–Crippen MR) is 278 cm³/mol. The summed E-state index contributed by atoms with van der Waals surface area (Å²) in [6, 6.07) is -0.545. The Morgan fingerprint density at radius 1 is 0.438 bits per heavy atom. The van der Waals surface area contributed by atoms with Crippen molar-refractivity contribution in [1.82, 2.24) is 5.32 Å². The lowest BCUT2D eigenvalue weighted by Gasteiger charge is -2.22. The maximum Gasteiger partial charge on any atom is 0.305 e. The summed E-state index contributed by atoms with van der Waals surface area (Å²) in [6.45, 7) is 4.90. The second kappa shape index (κ2) is 53.7. The van der Waals surface area contributed by atoms with Crippen molar-refractivity contribution in [2.45, 2.75) is 309 Å². The van der Waals surface area contributed by atoms with Crippen molar-refractivity contribution in [2.75, 3.05) is 13.2 Å². The molecule has 0 aliphatic heterocycles. The van der Waals surface area contributed by atoms with E-state index in [1.807, 2.05) is 0 Å². The van der Waals surface area contributed by atoms with E-state index in [9.17, 15) is 19.8 Å². The van der Waals surface area contributed by atoms with Gasteiger partial charge in [-0.25, -0.2) is 0 Å². The standard InChI is InChI=1S/C58H109NO5/c1-3-5-7-9-11-13-15-16-25-29-32-36-40-44-48-52-58(63)64-53-49-45-41-37-33-30-27-24-22-20-18-17-19-21-23-26-28-31-35-39-43-47-51-57(62)59-55(54-60)56(61)50-46-42-38-34-14-12-10-8-6-4-2/h11,13,16,19,21,25,55-56,60-61H,3-10,12,14-15,17-18,20,22-24,26-54H2,1-2H3,(H,59,62)/b13-11-,21-19-,25-16-. The number of carbonyl (C=O) groups is 2. The fourth-order valence-electron chi connectivity index (χ4n) is 8.55.